The summed E-state index contributed by atoms with van der Waals surface area (Å²) in [5.41, 5.74) is 0.600. The van der Waals surface area contributed by atoms with Gasteiger partial charge in [-0.1, -0.05) is 50.0 Å². The van der Waals surface area contributed by atoms with Crippen molar-refractivity contribution < 1.29 is 14.3 Å². The summed E-state index contributed by atoms with van der Waals surface area (Å²) in [6.07, 6.45) is 1.96. The topological polar surface area (TPSA) is 53.1 Å². The van der Waals surface area contributed by atoms with Crippen molar-refractivity contribution in [3.63, 3.8) is 0 Å². The van der Waals surface area contributed by atoms with Gasteiger partial charge in [-0.15, -0.1) is 0 Å². The second-order valence-electron chi connectivity index (χ2n) is 12.1. The second-order valence-corrected chi connectivity index (χ2v) is 12.9. The van der Waals surface area contributed by atoms with Crippen LogP contribution in [0.25, 0.3) is 0 Å². The first-order chi connectivity index (χ1) is 16.2. The largest absolute Gasteiger partial charge is 0.444 e. The summed E-state index contributed by atoms with van der Waals surface area (Å²) in [7, 11) is 0. The van der Waals surface area contributed by atoms with Gasteiger partial charge in [-0.25, -0.2) is 4.79 Å². The summed E-state index contributed by atoms with van der Waals surface area (Å²) in [6.45, 7) is 16.7. The van der Waals surface area contributed by atoms with Gasteiger partial charge in [0.05, 0.1) is 10.0 Å². The van der Waals surface area contributed by atoms with Crippen LogP contribution in [0.3, 0.4) is 0 Å². The first-order valence-corrected chi connectivity index (χ1v) is 13.4. The predicted octanol–water partition coefficient (Wildman–Crippen LogP) is 6.09. The standard InChI is InChI=1S/C27H41Cl2N3O3/c1-26(2,3)23-18-30(17-20-7-8-21(28)22(29)15-20)13-14-32(23)24(33)16-19-9-11-31(12-10-19)25(34)35-27(4,5)6/h7-8,15,19,23H,9-14,16-18H2,1-6H3/t23-/m1/s1. The Kier molecular flexibility index (Phi) is 9.04. The highest BCUT2D eigenvalue weighted by atomic mass is 35.5. The van der Waals surface area contributed by atoms with Crippen LogP contribution in [0, 0.1) is 11.3 Å². The molecule has 2 aliphatic rings. The predicted molar refractivity (Wildman–Crippen MR) is 142 cm³/mol. The molecule has 2 heterocycles. The van der Waals surface area contributed by atoms with Crippen LogP contribution >= 0.6 is 23.2 Å². The summed E-state index contributed by atoms with van der Waals surface area (Å²) in [5, 5.41) is 1.14. The quantitative estimate of drug-likeness (QED) is 0.477. The Morgan fingerprint density at radius 3 is 2.20 bits per heavy atom. The number of piperidine rings is 1. The van der Waals surface area contributed by atoms with E-state index in [0.29, 0.717) is 35.5 Å². The van der Waals surface area contributed by atoms with Crippen molar-refractivity contribution in [2.24, 2.45) is 11.3 Å². The molecule has 0 aliphatic carbocycles. The third-order valence-electron chi connectivity index (χ3n) is 6.90. The number of carbonyl (C=O) groups is 2. The molecule has 1 atom stereocenters. The average Bonchev–Trinajstić information content (AvgIpc) is 2.75. The van der Waals surface area contributed by atoms with E-state index in [9.17, 15) is 9.59 Å². The van der Waals surface area contributed by atoms with Gasteiger partial charge in [-0.2, -0.15) is 0 Å². The van der Waals surface area contributed by atoms with Crippen LogP contribution < -0.4 is 0 Å². The number of nitrogens with zero attached hydrogens (tertiary/aromatic N) is 3. The highest BCUT2D eigenvalue weighted by molar-refractivity contribution is 6.42. The van der Waals surface area contributed by atoms with Crippen molar-refractivity contribution in [3.05, 3.63) is 33.8 Å². The molecule has 0 N–H and O–H groups in total. The fraction of sp³-hybridized carbons (Fsp3) is 0.704. The highest BCUT2D eigenvalue weighted by Crippen LogP contribution is 2.31. The molecule has 3 rings (SSSR count). The molecule has 0 aromatic heterocycles. The number of likely N-dealkylation sites (tertiary alicyclic amines) is 1. The Hall–Kier alpha value is -1.50. The number of amides is 2. The molecule has 2 saturated heterocycles. The number of halogens is 2. The van der Waals surface area contributed by atoms with Gasteiger partial charge in [0.2, 0.25) is 5.91 Å². The molecule has 0 saturated carbocycles. The lowest BCUT2D eigenvalue weighted by Gasteiger charge is -2.48. The minimum Gasteiger partial charge on any atom is -0.444 e. The smallest absolute Gasteiger partial charge is 0.410 e. The van der Waals surface area contributed by atoms with Crippen molar-refractivity contribution in [2.45, 2.75) is 79.0 Å². The van der Waals surface area contributed by atoms with Gasteiger partial charge in [-0.05, 0) is 62.6 Å². The molecule has 2 aliphatic heterocycles. The van der Waals surface area contributed by atoms with Crippen molar-refractivity contribution in [1.82, 2.24) is 14.7 Å². The Morgan fingerprint density at radius 2 is 1.63 bits per heavy atom. The molecule has 6 nitrogen and oxygen atoms in total. The van der Waals surface area contributed by atoms with Crippen molar-refractivity contribution in [1.29, 1.82) is 0 Å². The molecule has 196 valence electrons. The Balaban J connectivity index is 1.56. The summed E-state index contributed by atoms with van der Waals surface area (Å²) in [4.78, 5) is 32.1. The zero-order chi connectivity index (χ0) is 26.0. The number of hydrogen-bond donors (Lipinski definition) is 0. The summed E-state index contributed by atoms with van der Waals surface area (Å²) in [6, 6.07) is 5.92. The minimum absolute atomic E-state index is 0.0357. The van der Waals surface area contributed by atoms with E-state index >= 15 is 0 Å². The van der Waals surface area contributed by atoms with Gasteiger partial charge in [0.25, 0.3) is 0 Å². The summed E-state index contributed by atoms with van der Waals surface area (Å²) >= 11 is 12.3. The van der Waals surface area contributed by atoms with Crippen LogP contribution in [-0.4, -0.2) is 71.1 Å². The van der Waals surface area contributed by atoms with Crippen LogP contribution in [0.1, 0.15) is 66.4 Å². The van der Waals surface area contributed by atoms with Gasteiger partial charge in [0, 0.05) is 51.7 Å². The molecule has 2 amide bonds. The maximum Gasteiger partial charge on any atom is 0.410 e. The van der Waals surface area contributed by atoms with E-state index in [0.717, 1.165) is 44.6 Å². The van der Waals surface area contributed by atoms with E-state index in [1.807, 2.05) is 39.0 Å². The van der Waals surface area contributed by atoms with Gasteiger partial charge in [-0.3, -0.25) is 9.69 Å². The van der Waals surface area contributed by atoms with Gasteiger partial charge in [0.15, 0.2) is 0 Å². The second kappa shape index (κ2) is 11.3. The molecule has 8 heteroatoms. The molecule has 2 fully saturated rings. The lowest BCUT2D eigenvalue weighted by Crippen LogP contribution is -2.59. The Morgan fingerprint density at radius 1 is 0.971 bits per heavy atom. The molecule has 0 spiro atoms. The number of ether oxygens (including phenoxy) is 1. The third kappa shape index (κ3) is 7.99. The monoisotopic (exact) mass is 525 g/mol. The summed E-state index contributed by atoms with van der Waals surface area (Å²) < 4.78 is 5.50. The summed E-state index contributed by atoms with van der Waals surface area (Å²) in [5.74, 6) is 0.533. The maximum atomic E-state index is 13.4. The lowest BCUT2D eigenvalue weighted by molar-refractivity contribution is -0.141. The van der Waals surface area contributed by atoms with Crippen LogP contribution in [0.4, 0.5) is 4.79 Å². The van der Waals surface area contributed by atoms with E-state index in [4.69, 9.17) is 27.9 Å². The third-order valence-corrected chi connectivity index (χ3v) is 7.64. The number of carbonyl (C=O) groups excluding carboxylic acids is 2. The highest BCUT2D eigenvalue weighted by Gasteiger charge is 2.38. The SMILES string of the molecule is CC(C)(C)OC(=O)N1CCC(CC(=O)N2CCN(Cc3ccc(Cl)c(Cl)c3)C[C@@H]2C(C)(C)C)CC1. The lowest BCUT2D eigenvalue weighted by atomic mass is 9.83. The van der Waals surface area contributed by atoms with E-state index < -0.39 is 5.60 Å². The minimum atomic E-state index is -0.492. The Bertz CT molecular complexity index is 902. The van der Waals surface area contributed by atoms with Crippen molar-refractivity contribution >= 4 is 35.2 Å². The average molecular weight is 527 g/mol. The van der Waals surface area contributed by atoms with Crippen LogP contribution in [-0.2, 0) is 16.1 Å². The number of piperazine rings is 1. The molecule has 0 unspecified atom stereocenters. The number of benzene rings is 1. The molecule has 0 bridgehead atoms. The molecular weight excluding hydrogens is 485 g/mol. The van der Waals surface area contributed by atoms with Gasteiger partial charge >= 0.3 is 6.09 Å². The molecule has 0 radical (unpaired) electrons. The zero-order valence-electron chi connectivity index (χ0n) is 22.1. The molecule has 1 aromatic carbocycles. The number of hydrogen-bond acceptors (Lipinski definition) is 4. The normalized spacial score (nSPS) is 20.7. The van der Waals surface area contributed by atoms with E-state index in [2.05, 4.69) is 30.6 Å². The van der Waals surface area contributed by atoms with E-state index in [1.165, 1.54) is 0 Å². The van der Waals surface area contributed by atoms with Crippen molar-refractivity contribution in [2.75, 3.05) is 32.7 Å². The van der Waals surface area contributed by atoms with E-state index in [-0.39, 0.29) is 23.5 Å². The number of rotatable bonds is 4. The first kappa shape index (κ1) is 28.1. The van der Waals surface area contributed by atoms with Crippen LogP contribution in [0.5, 0.6) is 0 Å². The molecule has 1 aromatic rings. The van der Waals surface area contributed by atoms with Crippen LogP contribution in [0.15, 0.2) is 18.2 Å². The van der Waals surface area contributed by atoms with Crippen LogP contribution in [0.2, 0.25) is 10.0 Å². The van der Waals surface area contributed by atoms with Gasteiger partial charge < -0.3 is 14.5 Å². The van der Waals surface area contributed by atoms with E-state index in [1.54, 1.807) is 4.90 Å². The Labute approximate surface area is 220 Å². The molecule has 35 heavy (non-hydrogen) atoms. The fourth-order valence-corrected chi connectivity index (χ4v) is 5.25. The maximum absolute atomic E-state index is 13.4. The van der Waals surface area contributed by atoms with Crippen molar-refractivity contribution in [3.8, 4) is 0 Å². The van der Waals surface area contributed by atoms with Gasteiger partial charge in [0.1, 0.15) is 5.60 Å². The fourth-order valence-electron chi connectivity index (χ4n) is 4.93. The molecular formula is C27H41Cl2N3O3. The zero-order valence-corrected chi connectivity index (χ0v) is 23.6. The first-order valence-electron chi connectivity index (χ1n) is 12.7.